The average molecular weight is 419 g/mol. The van der Waals surface area contributed by atoms with Gasteiger partial charge in [0.2, 0.25) is 0 Å². The molecule has 0 N–H and O–H groups in total. The quantitative estimate of drug-likeness (QED) is 0.215. The van der Waals surface area contributed by atoms with Crippen molar-refractivity contribution in [1.82, 2.24) is 0 Å². The van der Waals surface area contributed by atoms with Crippen LogP contribution >= 0.6 is 0 Å². The van der Waals surface area contributed by atoms with Crippen molar-refractivity contribution < 1.29 is 7.87 Å². The van der Waals surface area contributed by atoms with Crippen molar-refractivity contribution in [2.75, 3.05) is 0 Å². The van der Waals surface area contributed by atoms with E-state index in [1.165, 1.54) is 85.9 Å². The molecule has 0 atom stereocenters. The average Bonchev–Trinajstić information content (AvgIpc) is 2.46. The minimum atomic E-state index is -2.60. The van der Waals surface area contributed by atoms with Crippen LogP contribution in [-0.4, -0.2) is 24.8 Å². The van der Waals surface area contributed by atoms with Crippen molar-refractivity contribution in [2.24, 2.45) is 0 Å². The van der Waals surface area contributed by atoms with Gasteiger partial charge < -0.3 is 0 Å². The third-order valence-electron chi connectivity index (χ3n) is 4.51. The summed E-state index contributed by atoms with van der Waals surface area (Å²) >= 11 is -2.60. The molecule has 3 heteroatoms. The van der Waals surface area contributed by atoms with E-state index in [1.807, 2.05) is 0 Å². The van der Waals surface area contributed by atoms with Gasteiger partial charge in [0, 0.05) is 0 Å². The zero-order chi connectivity index (χ0) is 16.7. The summed E-state index contributed by atoms with van der Waals surface area (Å²) in [5.74, 6) is -0.0322. The fourth-order valence-corrected chi connectivity index (χ4v) is 12.1. The van der Waals surface area contributed by atoms with Crippen LogP contribution in [0.4, 0.5) is 0 Å². The van der Waals surface area contributed by atoms with Gasteiger partial charge in [0.15, 0.2) is 0 Å². The van der Waals surface area contributed by atoms with E-state index in [0.717, 1.165) is 0 Å². The van der Waals surface area contributed by atoms with Crippen LogP contribution in [0.3, 0.4) is 0 Å². The van der Waals surface area contributed by atoms with Crippen LogP contribution in [0, 0.1) is 0 Å². The molecule has 0 rings (SSSR count). The Bertz CT molecular complexity index is 250. The standard InChI is InChI=1S/2C8H17.C2H4O2.CH3.Sn/c2*1-3-5-7-8-6-4-2;1-2(3)4;;/h2*1,3-8H2,2H3;1H3,(H,3,4);1H3;/q;;;;+1/p-1. The summed E-state index contributed by atoms with van der Waals surface area (Å²) < 4.78 is 8.33. The first-order valence-corrected chi connectivity index (χ1v) is 17.8. The Morgan fingerprint density at radius 2 is 1.09 bits per heavy atom. The van der Waals surface area contributed by atoms with Gasteiger partial charge in [-0.3, -0.25) is 0 Å². The van der Waals surface area contributed by atoms with Crippen molar-refractivity contribution in [1.29, 1.82) is 0 Å². The normalized spacial score (nSPS) is 11.6. The van der Waals surface area contributed by atoms with Crippen molar-refractivity contribution in [2.45, 2.75) is 112 Å². The second kappa shape index (κ2) is 14.8. The van der Waals surface area contributed by atoms with E-state index in [1.54, 1.807) is 6.92 Å². The molecule has 0 amide bonds. The Morgan fingerprint density at radius 1 is 0.727 bits per heavy atom. The van der Waals surface area contributed by atoms with E-state index in [0.29, 0.717) is 0 Å². The van der Waals surface area contributed by atoms with E-state index in [9.17, 15) is 4.79 Å². The maximum absolute atomic E-state index is 11.4. The molecule has 0 saturated heterocycles. The number of unbranched alkanes of at least 4 members (excludes halogenated alkanes) is 10. The first-order valence-electron chi connectivity index (χ1n) is 9.73. The first-order chi connectivity index (χ1) is 10.5. The molecule has 0 aromatic rings. The van der Waals surface area contributed by atoms with Gasteiger partial charge in [0.05, 0.1) is 0 Å². The van der Waals surface area contributed by atoms with Crippen molar-refractivity contribution in [3.63, 3.8) is 0 Å². The molecule has 132 valence electrons. The maximum atomic E-state index is 11.4. The predicted octanol–water partition coefficient (Wildman–Crippen LogP) is 6.85. The zero-order valence-electron chi connectivity index (χ0n) is 15.7. The molecule has 0 aromatic heterocycles. The molecule has 0 spiro atoms. The first kappa shape index (κ1) is 22.3. The van der Waals surface area contributed by atoms with Crippen LogP contribution in [0.1, 0.15) is 97.8 Å². The second-order valence-electron chi connectivity index (χ2n) is 7.08. The molecule has 0 aliphatic carbocycles. The third-order valence-corrected chi connectivity index (χ3v) is 14.8. The summed E-state index contributed by atoms with van der Waals surface area (Å²) in [7, 11) is 0. The van der Waals surface area contributed by atoms with Crippen LogP contribution in [0.15, 0.2) is 0 Å². The van der Waals surface area contributed by atoms with Gasteiger partial charge in [-0.15, -0.1) is 0 Å². The Balaban J connectivity index is 3.93. The molecule has 0 aromatic carbocycles. The Morgan fingerprint density at radius 3 is 1.45 bits per heavy atom. The summed E-state index contributed by atoms with van der Waals surface area (Å²) in [4.78, 5) is 13.8. The van der Waals surface area contributed by atoms with Gasteiger partial charge in [-0.2, -0.15) is 0 Å². The summed E-state index contributed by atoms with van der Waals surface area (Å²) in [5.41, 5.74) is 0. The Kier molecular flexibility index (Phi) is 15.0. The number of rotatable bonds is 15. The van der Waals surface area contributed by atoms with Gasteiger partial charge in [0.1, 0.15) is 0 Å². The van der Waals surface area contributed by atoms with Crippen LogP contribution in [0.5, 0.6) is 0 Å². The fraction of sp³-hybridized carbons (Fsp3) is 0.947. The predicted molar refractivity (Wildman–Crippen MR) is 99.8 cm³/mol. The fourth-order valence-electron chi connectivity index (χ4n) is 3.13. The molecule has 0 aliphatic rings. The molecule has 0 heterocycles. The summed E-state index contributed by atoms with van der Waals surface area (Å²) in [6.07, 6.45) is 16.0. The molecule has 0 aliphatic heterocycles. The molecule has 0 fully saturated rings. The molecule has 22 heavy (non-hydrogen) atoms. The van der Waals surface area contributed by atoms with E-state index in [-0.39, 0.29) is 5.97 Å². The molecule has 0 unspecified atom stereocenters. The molecule has 0 radical (unpaired) electrons. The SMILES string of the molecule is CCCCCCC[CH2][Sn]([CH3])([CH2]CCCCCCC)[O]C(C)=O. The molecule has 0 saturated carbocycles. The number of hydrogen-bond acceptors (Lipinski definition) is 2. The van der Waals surface area contributed by atoms with Gasteiger partial charge in [-0.05, 0) is 0 Å². The van der Waals surface area contributed by atoms with Gasteiger partial charge in [-0.25, -0.2) is 0 Å². The monoisotopic (exact) mass is 420 g/mol. The summed E-state index contributed by atoms with van der Waals surface area (Å²) in [6.45, 7) is 6.11. The topological polar surface area (TPSA) is 26.3 Å². The molecular weight excluding hydrogens is 379 g/mol. The van der Waals surface area contributed by atoms with Crippen molar-refractivity contribution in [3.05, 3.63) is 0 Å². The van der Waals surface area contributed by atoms with E-state index in [2.05, 4.69) is 18.8 Å². The number of carbonyl (C=O) groups is 1. The number of carbonyl (C=O) groups excluding carboxylic acids is 1. The van der Waals surface area contributed by atoms with Gasteiger partial charge in [-0.1, -0.05) is 0 Å². The Hall–Kier alpha value is 0.269. The van der Waals surface area contributed by atoms with Crippen LogP contribution in [0.2, 0.25) is 13.8 Å². The van der Waals surface area contributed by atoms with E-state index in [4.69, 9.17) is 3.07 Å². The summed E-state index contributed by atoms with van der Waals surface area (Å²) in [6, 6.07) is 0. The van der Waals surface area contributed by atoms with Crippen molar-refractivity contribution in [3.8, 4) is 0 Å². The van der Waals surface area contributed by atoms with E-state index >= 15 is 0 Å². The third kappa shape index (κ3) is 13.9. The second-order valence-corrected chi connectivity index (χ2v) is 18.8. The van der Waals surface area contributed by atoms with E-state index < -0.39 is 18.8 Å². The van der Waals surface area contributed by atoms with Crippen LogP contribution in [0.25, 0.3) is 0 Å². The van der Waals surface area contributed by atoms with Crippen molar-refractivity contribution >= 4 is 24.8 Å². The molecular formula is C19H40O2Sn. The van der Waals surface area contributed by atoms with Crippen LogP contribution < -0.4 is 0 Å². The van der Waals surface area contributed by atoms with Gasteiger partial charge in [0.25, 0.3) is 0 Å². The molecule has 2 nitrogen and oxygen atoms in total. The zero-order valence-corrected chi connectivity index (χ0v) is 18.6. The van der Waals surface area contributed by atoms with Crippen LogP contribution in [-0.2, 0) is 7.87 Å². The summed E-state index contributed by atoms with van der Waals surface area (Å²) in [5, 5.41) is 0. The number of hydrogen-bond donors (Lipinski definition) is 0. The van der Waals surface area contributed by atoms with Gasteiger partial charge >= 0.3 is 144 Å². The minimum absolute atomic E-state index is 0.0322. The molecule has 0 bridgehead atoms. The Labute approximate surface area is 144 Å².